The zero-order chi connectivity index (χ0) is 17.2. The molecule has 6 heteroatoms. The van der Waals surface area contributed by atoms with E-state index in [1.807, 2.05) is 20.3 Å². The lowest BCUT2D eigenvalue weighted by Crippen LogP contribution is -2.08. The average molecular weight is 351 g/mol. The molecule has 0 radical (unpaired) electrons. The number of nitrogens with one attached hydrogen (secondary N) is 1. The molecule has 0 atom stereocenters. The van der Waals surface area contributed by atoms with Crippen LogP contribution in [0.5, 0.6) is 0 Å². The Morgan fingerprint density at radius 1 is 1.12 bits per heavy atom. The van der Waals surface area contributed by atoms with Gasteiger partial charge in [0.2, 0.25) is 0 Å². The third-order valence-electron chi connectivity index (χ3n) is 4.54. The van der Waals surface area contributed by atoms with Gasteiger partial charge in [0.25, 0.3) is 0 Å². The number of anilines is 2. The van der Waals surface area contributed by atoms with E-state index in [1.165, 1.54) is 29.0 Å². The van der Waals surface area contributed by atoms with Crippen molar-refractivity contribution < 1.29 is 0 Å². The quantitative estimate of drug-likeness (QED) is 0.568. The highest BCUT2D eigenvalue weighted by Gasteiger charge is 2.19. The summed E-state index contributed by atoms with van der Waals surface area (Å²) in [5.74, 6) is 0.811. The molecule has 0 saturated carbocycles. The molecule has 4 rings (SSSR count). The molecule has 128 valence electrons. The van der Waals surface area contributed by atoms with Crippen molar-refractivity contribution in [3.8, 4) is 0 Å². The van der Waals surface area contributed by atoms with E-state index >= 15 is 0 Å². The van der Waals surface area contributed by atoms with Crippen molar-refractivity contribution in [1.29, 1.82) is 0 Å². The van der Waals surface area contributed by atoms with Crippen molar-refractivity contribution in [2.75, 3.05) is 24.4 Å². The standard InChI is InChI=1S/C19H21N5S/c1-24(2)14-9-7-13(8-10-14)11-22-23-18-17-15-5-3-4-6-16(15)25-19(17)21-12-20-18/h7-12H,3-6H2,1-2H3,(H,20,21,23). The molecule has 1 aromatic carbocycles. The molecule has 0 aliphatic heterocycles. The second kappa shape index (κ2) is 6.80. The van der Waals surface area contributed by atoms with Gasteiger partial charge in [-0.15, -0.1) is 11.3 Å². The number of aryl methyl sites for hydroxylation is 2. The van der Waals surface area contributed by atoms with Crippen molar-refractivity contribution in [2.45, 2.75) is 25.7 Å². The van der Waals surface area contributed by atoms with E-state index in [0.717, 1.165) is 34.4 Å². The third kappa shape index (κ3) is 3.22. The number of aromatic nitrogens is 2. The number of fused-ring (bicyclic) bond motifs is 3. The SMILES string of the molecule is CN(C)c1ccc(C=NNc2ncnc3sc4c(c23)CCCC4)cc1. The van der Waals surface area contributed by atoms with Crippen LogP contribution in [0.2, 0.25) is 0 Å². The Bertz CT molecular complexity index is 911. The summed E-state index contributed by atoms with van der Waals surface area (Å²) in [5, 5.41) is 5.55. The van der Waals surface area contributed by atoms with Crippen molar-refractivity contribution >= 4 is 39.3 Å². The van der Waals surface area contributed by atoms with Crippen LogP contribution in [0, 0.1) is 0 Å². The Kier molecular flexibility index (Phi) is 4.36. The molecule has 1 aliphatic carbocycles. The van der Waals surface area contributed by atoms with E-state index in [-0.39, 0.29) is 0 Å². The molecule has 1 aliphatic rings. The summed E-state index contributed by atoms with van der Waals surface area (Å²) < 4.78 is 0. The lowest BCUT2D eigenvalue weighted by Gasteiger charge is -2.12. The normalized spacial score (nSPS) is 14.0. The maximum atomic E-state index is 4.45. The van der Waals surface area contributed by atoms with Crippen LogP contribution < -0.4 is 10.3 Å². The molecule has 0 fully saturated rings. The number of thiophene rings is 1. The maximum Gasteiger partial charge on any atom is 0.158 e. The van der Waals surface area contributed by atoms with Crippen molar-refractivity contribution in [1.82, 2.24) is 9.97 Å². The van der Waals surface area contributed by atoms with Crippen LogP contribution in [0.4, 0.5) is 11.5 Å². The zero-order valence-electron chi connectivity index (χ0n) is 14.5. The highest BCUT2D eigenvalue weighted by molar-refractivity contribution is 7.19. The van der Waals surface area contributed by atoms with E-state index in [0.29, 0.717) is 0 Å². The Morgan fingerprint density at radius 3 is 2.72 bits per heavy atom. The molecule has 25 heavy (non-hydrogen) atoms. The van der Waals surface area contributed by atoms with Gasteiger partial charge in [-0.2, -0.15) is 5.10 Å². The maximum absolute atomic E-state index is 4.45. The Balaban J connectivity index is 1.57. The molecule has 1 N–H and O–H groups in total. The van der Waals surface area contributed by atoms with Crippen LogP contribution in [0.25, 0.3) is 10.2 Å². The Morgan fingerprint density at radius 2 is 1.92 bits per heavy atom. The van der Waals surface area contributed by atoms with E-state index in [1.54, 1.807) is 17.7 Å². The van der Waals surface area contributed by atoms with Gasteiger partial charge in [-0.1, -0.05) is 12.1 Å². The largest absolute Gasteiger partial charge is 0.378 e. The Labute approximate surface area is 151 Å². The molecule has 0 spiro atoms. The van der Waals surface area contributed by atoms with Gasteiger partial charge < -0.3 is 4.90 Å². The molecule has 3 aromatic rings. The fraction of sp³-hybridized carbons (Fsp3) is 0.316. The highest BCUT2D eigenvalue weighted by Crippen LogP contribution is 2.38. The number of hydrazone groups is 1. The zero-order valence-corrected chi connectivity index (χ0v) is 15.3. The first kappa shape index (κ1) is 16.0. The van der Waals surface area contributed by atoms with Gasteiger partial charge in [-0.25, -0.2) is 9.97 Å². The number of hydrogen-bond donors (Lipinski definition) is 1. The van der Waals surface area contributed by atoms with Crippen LogP contribution in [-0.4, -0.2) is 30.3 Å². The number of benzene rings is 1. The topological polar surface area (TPSA) is 53.4 Å². The van der Waals surface area contributed by atoms with Crippen LogP contribution in [0.15, 0.2) is 35.7 Å². The monoisotopic (exact) mass is 351 g/mol. The number of hydrogen-bond acceptors (Lipinski definition) is 6. The summed E-state index contributed by atoms with van der Waals surface area (Å²) in [7, 11) is 4.07. The molecule has 0 bridgehead atoms. The van der Waals surface area contributed by atoms with Crippen LogP contribution in [-0.2, 0) is 12.8 Å². The summed E-state index contributed by atoms with van der Waals surface area (Å²) in [6.45, 7) is 0. The smallest absolute Gasteiger partial charge is 0.158 e. The summed E-state index contributed by atoms with van der Waals surface area (Å²) in [6.07, 6.45) is 8.25. The Hall–Kier alpha value is -2.47. The first-order valence-electron chi connectivity index (χ1n) is 8.54. The molecular formula is C19H21N5S. The fourth-order valence-electron chi connectivity index (χ4n) is 3.20. The second-order valence-corrected chi connectivity index (χ2v) is 7.55. The van der Waals surface area contributed by atoms with Gasteiger partial charge in [-0.3, -0.25) is 5.43 Å². The predicted octanol–water partition coefficient (Wildman–Crippen LogP) is 4.08. The lowest BCUT2D eigenvalue weighted by atomic mass is 9.97. The minimum absolute atomic E-state index is 0.811. The lowest BCUT2D eigenvalue weighted by molar-refractivity contribution is 0.700. The first-order chi connectivity index (χ1) is 12.2. The van der Waals surface area contributed by atoms with Gasteiger partial charge in [0.15, 0.2) is 5.82 Å². The minimum atomic E-state index is 0.811. The molecule has 0 amide bonds. The van der Waals surface area contributed by atoms with E-state index in [9.17, 15) is 0 Å². The number of rotatable bonds is 4. The van der Waals surface area contributed by atoms with Crippen LogP contribution in [0.3, 0.4) is 0 Å². The van der Waals surface area contributed by atoms with Gasteiger partial charge >= 0.3 is 0 Å². The average Bonchev–Trinajstić information content (AvgIpc) is 3.01. The number of nitrogens with zero attached hydrogens (tertiary/aromatic N) is 4. The summed E-state index contributed by atoms with van der Waals surface area (Å²) >= 11 is 1.80. The molecular weight excluding hydrogens is 330 g/mol. The fourth-order valence-corrected chi connectivity index (χ4v) is 4.43. The van der Waals surface area contributed by atoms with Crippen molar-refractivity contribution in [3.05, 3.63) is 46.6 Å². The highest BCUT2D eigenvalue weighted by atomic mass is 32.1. The first-order valence-corrected chi connectivity index (χ1v) is 9.36. The molecule has 0 saturated heterocycles. The third-order valence-corrected chi connectivity index (χ3v) is 5.74. The molecule has 0 unspecified atom stereocenters. The van der Waals surface area contributed by atoms with Gasteiger partial charge in [0.1, 0.15) is 11.2 Å². The summed E-state index contributed by atoms with van der Waals surface area (Å²) in [5.41, 5.74) is 6.77. The van der Waals surface area contributed by atoms with Crippen LogP contribution in [0.1, 0.15) is 28.8 Å². The predicted molar refractivity (Wildman–Crippen MR) is 106 cm³/mol. The van der Waals surface area contributed by atoms with Gasteiger partial charge in [-0.05, 0) is 48.9 Å². The van der Waals surface area contributed by atoms with Gasteiger partial charge in [0, 0.05) is 24.7 Å². The van der Waals surface area contributed by atoms with Crippen molar-refractivity contribution in [2.24, 2.45) is 5.10 Å². The van der Waals surface area contributed by atoms with Gasteiger partial charge in [0.05, 0.1) is 11.6 Å². The van der Waals surface area contributed by atoms with Crippen LogP contribution >= 0.6 is 11.3 Å². The molecule has 2 aromatic heterocycles. The second-order valence-electron chi connectivity index (χ2n) is 6.47. The summed E-state index contributed by atoms with van der Waals surface area (Å²) in [4.78, 5) is 13.5. The van der Waals surface area contributed by atoms with Crippen molar-refractivity contribution in [3.63, 3.8) is 0 Å². The molecule has 5 nitrogen and oxygen atoms in total. The van der Waals surface area contributed by atoms with E-state index in [2.05, 4.69) is 49.7 Å². The molecule has 2 heterocycles. The van der Waals surface area contributed by atoms with E-state index in [4.69, 9.17) is 0 Å². The minimum Gasteiger partial charge on any atom is -0.378 e. The van der Waals surface area contributed by atoms with E-state index < -0.39 is 0 Å². The summed E-state index contributed by atoms with van der Waals surface area (Å²) in [6, 6.07) is 8.28.